The molecule has 0 aliphatic carbocycles. The van der Waals surface area contributed by atoms with Crippen LogP contribution in [-0.2, 0) is 5.75 Å². The van der Waals surface area contributed by atoms with Crippen LogP contribution in [-0.4, -0.2) is 22.3 Å². The molecule has 23 heavy (non-hydrogen) atoms. The highest BCUT2D eigenvalue weighted by Crippen LogP contribution is 2.28. The van der Waals surface area contributed by atoms with Crippen LogP contribution in [0, 0.1) is 13.8 Å². The molecule has 0 atom stereocenters. The number of thioether (sulfide) groups is 1. The van der Waals surface area contributed by atoms with E-state index in [9.17, 15) is 0 Å². The zero-order valence-electron chi connectivity index (χ0n) is 13.5. The molecule has 0 unspecified atom stereocenters. The van der Waals surface area contributed by atoms with E-state index in [0.717, 1.165) is 33.6 Å². The number of nitrogens with zero attached hydrogens (tertiary/aromatic N) is 2. The Balaban J connectivity index is 1.72. The molecule has 5 heteroatoms. The summed E-state index contributed by atoms with van der Waals surface area (Å²) in [5.41, 5.74) is 4.65. The molecule has 0 aliphatic rings. The van der Waals surface area contributed by atoms with Gasteiger partial charge in [0, 0.05) is 16.9 Å². The van der Waals surface area contributed by atoms with E-state index in [-0.39, 0.29) is 0 Å². The predicted octanol–water partition coefficient (Wildman–Crippen LogP) is 4.39. The fourth-order valence-corrected chi connectivity index (χ4v) is 3.09. The number of nitrogens with one attached hydrogen (secondary N) is 1. The molecular weight excluding hydrogens is 306 g/mol. The minimum atomic E-state index is 0.740. The number of aromatic nitrogens is 3. The number of hydrogen-bond donors (Lipinski definition) is 1. The quantitative estimate of drug-likeness (QED) is 0.707. The zero-order valence-corrected chi connectivity index (χ0v) is 14.3. The van der Waals surface area contributed by atoms with Gasteiger partial charge in [-0.15, -0.1) is 5.10 Å². The lowest BCUT2D eigenvalue weighted by Gasteiger charge is -2.07. The average Bonchev–Trinajstić information content (AvgIpc) is 3.03. The molecule has 0 bridgehead atoms. The first-order valence-electron chi connectivity index (χ1n) is 7.41. The highest BCUT2D eigenvalue weighted by atomic mass is 32.2. The van der Waals surface area contributed by atoms with Gasteiger partial charge in [0.25, 0.3) is 0 Å². The summed E-state index contributed by atoms with van der Waals surface area (Å²) in [7, 11) is 1.70. The number of rotatable bonds is 5. The number of aromatic amines is 1. The molecule has 0 fully saturated rings. The number of H-pyrrole nitrogens is 1. The van der Waals surface area contributed by atoms with Crippen molar-refractivity contribution in [2.45, 2.75) is 24.8 Å². The largest absolute Gasteiger partial charge is 0.496 e. The van der Waals surface area contributed by atoms with Crippen LogP contribution < -0.4 is 4.74 Å². The van der Waals surface area contributed by atoms with Gasteiger partial charge in [0.15, 0.2) is 5.82 Å². The van der Waals surface area contributed by atoms with Crippen molar-refractivity contribution in [1.29, 1.82) is 0 Å². The number of hydrogen-bond acceptors (Lipinski definition) is 4. The number of benzene rings is 2. The Kier molecular flexibility index (Phi) is 4.67. The van der Waals surface area contributed by atoms with Crippen LogP contribution in [0.5, 0.6) is 5.75 Å². The Morgan fingerprint density at radius 1 is 1.04 bits per heavy atom. The van der Waals surface area contributed by atoms with Crippen molar-refractivity contribution in [3.8, 4) is 17.1 Å². The molecule has 0 amide bonds. The predicted molar refractivity (Wildman–Crippen MR) is 93.8 cm³/mol. The highest BCUT2D eigenvalue weighted by molar-refractivity contribution is 7.98. The Morgan fingerprint density at radius 3 is 2.52 bits per heavy atom. The van der Waals surface area contributed by atoms with Crippen molar-refractivity contribution < 1.29 is 4.74 Å². The Hall–Kier alpha value is -2.27. The van der Waals surface area contributed by atoms with E-state index in [2.05, 4.69) is 53.3 Å². The second-order valence-electron chi connectivity index (χ2n) is 5.44. The lowest BCUT2D eigenvalue weighted by atomic mass is 10.1. The molecule has 2 aromatic carbocycles. The molecule has 4 nitrogen and oxygen atoms in total. The second kappa shape index (κ2) is 6.87. The molecule has 0 aliphatic heterocycles. The van der Waals surface area contributed by atoms with Crippen molar-refractivity contribution in [2.24, 2.45) is 0 Å². The lowest BCUT2D eigenvalue weighted by molar-refractivity contribution is 0.411. The molecule has 118 valence electrons. The van der Waals surface area contributed by atoms with Gasteiger partial charge in [-0.25, -0.2) is 4.98 Å². The van der Waals surface area contributed by atoms with E-state index < -0.39 is 0 Å². The van der Waals surface area contributed by atoms with E-state index in [4.69, 9.17) is 4.74 Å². The van der Waals surface area contributed by atoms with Gasteiger partial charge in [-0.2, -0.15) is 0 Å². The van der Waals surface area contributed by atoms with Gasteiger partial charge < -0.3 is 4.74 Å². The average molecular weight is 325 g/mol. The van der Waals surface area contributed by atoms with Crippen LogP contribution in [0.3, 0.4) is 0 Å². The van der Waals surface area contributed by atoms with Gasteiger partial charge in [0.2, 0.25) is 5.16 Å². The molecule has 3 aromatic rings. The summed E-state index contributed by atoms with van der Waals surface area (Å²) < 4.78 is 5.41. The second-order valence-corrected chi connectivity index (χ2v) is 6.38. The Morgan fingerprint density at radius 2 is 1.78 bits per heavy atom. The number of ether oxygens (including phenoxy) is 1. The molecule has 3 rings (SSSR count). The van der Waals surface area contributed by atoms with Crippen molar-refractivity contribution >= 4 is 11.8 Å². The third kappa shape index (κ3) is 3.74. The van der Waals surface area contributed by atoms with Crippen molar-refractivity contribution in [1.82, 2.24) is 15.2 Å². The molecule has 1 heterocycles. The van der Waals surface area contributed by atoms with E-state index >= 15 is 0 Å². The van der Waals surface area contributed by atoms with Gasteiger partial charge in [0.05, 0.1) is 7.11 Å². The van der Waals surface area contributed by atoms with Gasteiger partial charge in [-0.3, -0.25) is 5.10 Å². The fourth-order valence-electron chi connectivity index (χ4n) is 2.31. The van der Waals surface area contributed by atoms with E-state index in [1.807, 2.05) is 18.2 Å². The minimum absolute atomic E-state index is 0.740. The van der Waals surface area contributed by atoms with Crippen LogP contribution in [0.25, 0.3) is 11.4 Å². The first kappa shape index (κ1) is 15.6. The van der Waals surface area contributed by atoms with Crippen LogP contribution in [0.4, 0.5) is 0 Å². The van der Waals surface area contributed by atoms with Crippen molar-refractivity contribution in [2.75, 3.05) is 7.11 Å². The maximum absolute atomic E-state index is 5.41. The maximum atomic E-state index is 5.41. The third-order valence-electron chi connectivity index (χ3n) is 3.58. The zero-order chi connectivity index (χ0) is 16.2. The normalized spacial score (nSPS) is 10.7. The molecule has 0 saturated heterocycles. The summed E-state index contributed by atoms with van der Waals surface area (Å²) in [4.78, 5) is 4.56. The van der Waals surface area contributed by atoms with Crippen molar-refractivity contribution in [3.63, 3.8) is 0 Å². The Bertz CT molecular complexity index is 796. The molecule has 0 radical (unpaired) electrons. The third-order valence-corrected chi connectivity index (χ3v) is 4.48. The number of methoxy groups -OCH3 is 1. The molecule has 1 aromatic heterocycles. The first-order chi connectivity index (χ1) is 11.2. The minimum Gasteiger partial charge on any atom is -0.496 e. The van der Waals surface area contributed by atoms with E-state index in [0.29, 0.717) is 0 Å². The van der Waals surface area contributed by atoms with Crippen molar-refractivity contribution in [3.05, 3.63) is 59.2 Å². The summed E-state index contributed by atoms with van der Waals surface area (Å²) in [6, 6.07) is 14.4. The first-order valence-corrected chi connectivity index (χ1v) is 8.40. The van der Waals surface area contributed by atoms with E-state index in [1.165, 1.54) is 11.1 Å². The standard InChI is InChI=1S/C18H19N3OS/c1-12-4-7-14(8-5-12)17-19-18(21-20-17)23-11-15-10-13(2)6-9-16(15)22-3/h4-10H,11H2,1-3H3,(H,19,20,21). The molecule has 1 N–H and O–H groups in total. The maximum Gasteiger partial charge on any atom is 0.209 e. The summed E-state index contributed by atoms with van der Waals surface area (Å²) >= 11 is 1.60. The van der Waals surface area contributed by atoms with Gasteiger partial charge in [-0.1, -0.05) is 59.3 Å². The summed E-state index contributed by atoms with van der Waals surface area (Å²) in [5, 5.41) is 8.04. The van der Waals surface area contributed by atoms with E-state index in [1.54, 1.807) is 18.9 Å². The Labute approximate surface area is 140 Å². The summed E-state index contributed by atoms with van der Waals surface area (Å²) in [5.74, 6) is 2.47. The SMILES string of the molecule is COc1ccc(C)cc1CSc1n[nH]c(-c2ccc(C)cc2)n1. The van der Waals surface area contributed by atoms with Gasteiger partial charge in [-0.05, 0) is 19.9 Å². The smallest absolute Gasteiger partial charge is 0.209 e. The molecule has 0 saturated carbocycles. The van der Waals surface area contributed by atoms with Gasteiger partial charge in [0.1, 0.15) is 5.75 Å². The fraction of sp³-hybridized carbons (Fsp3) is 0.222. The topological polar surface area (TPSA) is 50.8 Å². The van der Waals surface area contributed by atoms with Crippen LogP contribution >= 0.6 is 11.8 Å². The van der Waals surface area contributed by atoms with Crippen LogP contribution in [0.15, 0.2) is 47.6 Å². The van der Waals surface area contributed by atoms with Crippen LogP contribution in [0.1, 0.15) is 16.7 Å². The monoisotopic (exact) mass is 325 g/mol. The highest BCUT2D eigenvalue weighted by Gasteiger charge is 2.09. The number of aryl methyl sites for hydroxylation is 2. The lowest BCUT2D eigenvalue weighted by Crippen LogP contribution is -1.91. The summed E-state index contributed by atoms with van der Waals surface area (Å²) in [6.07, 6.45) is 0. The van der Waals surface area contributed by atoms with Crippen LogP contribution in [0.2, 0.25) is 0 Å². The molecule has 0 spiro atoms. The van der Waals surface area contributed by atoms with Gasteiger partial charge >= 0.3 is 0 Å². The summed E-state index contributed by atoms with van der Waals surface area (Å²) in [6.45, 7) is 4.15. The molecular formula is C18H19N3OS.